The number of benzene rings is 3. The van der Waals surface area contributed by atoms with Crippen LogP contribution in [-0.2, 0) is 26.2 Å². The average molecular weight is 572 g/mol. The standard InChI is InChI=1S/C29H34ClN3O5S/c1-21(2)18-31-29(35)22(3)32(19-23-10-8-9-13-27(23)30)28(34)20-33(39(4,36)37)24-14-16-26(17-15-24)38-25-11-6-5-7-12-25/h5-17,21-22H,18-20H2,1-4H3,(H,31,35)/t22-/m1/s1. The van der Waals surface area contributed by atoms with Crippen LogP contribution in [0.5, 0.6) is 11.5 Å². The number of nitrogens with one attached hydrogen (secondary N) is 1. The number of rotatable bonds is 12. The summed E-state index contributed by atoms with van der Waals surface area (Å²) in [6.07, 6.45) is 1.03. The van der Waals surface area contributed by atoms with Gasteiger partial charge in [-0.15, -0.1) is 0 Å². The number of anilines is 1. The fraction of sp³-hybridized carbons (Fsp3) is 0.310. The minimum absolute atomic E-state index is 0.0379. The number of amides is 2. The highest BCUT2D eigenvalue weighted by Gasteiger charge is 2.30. The van der Waals surface area contributed by atoms with Crippen LogP contribution in [0.4, 0.5) is 5.69 Å². The zero-order chi connectivity index (χ0) is 28.6. The van der Waals surface area contributed by atoms with Gasteiger partial charge in [0, 0.05) is 18.1 Å². The highest BCUT2D eigenvalue weighted by molar-refractivity contribution is 7.92. The fourth-order valence-corrected chi connectivity index (χ4v) is 4.81. The summed E-state index contributed by atoms with van der Waals surface area (Å²) in [6.45, 7) is 5.55. The number of halogens is 1. The first-order valence-electron chi connectivity index (χ1n) is 12.6. The Balaban J connectivity index is 1.86. The molecule has 1 atom stereocenters. The third-order valence-electron chi connectivity index (χ3n) is 5.93. The second-order valence-electron chi connectivity index (χ2n) is 9.61. The molecule has 0 unspecified atom stereocenters. The van der Waals surface area contributed by atoms with Crippen molar-refractivity contribution in [2.45, 2.75) is 33.4 Å². The van der Waals surface area contributed by atoms with Crippen molar-refractivity contribution in [1.29, 1.82) is 0 Å². The van der Waals surface area contributed by atoms with Gasteiger partial charge in [0.05, 0.1) is 11.9 Å². The highest BCUT2D eigenvalue weighted by atomic mass is 35.5. The zero-order valence-electron chi connectivity index (χ0n) is 22.5. The molecule has 0 spiro atoms. The summed E-state index contributed by atoms with van der Waals surface area (Å²) in [6, 6.07) is 21.8. The van der Waals surface area contributed by atoms with Gasteiger partial charge in [0.25, 0.3) is 0 Å². The maximum Gasteiger partial charge on any atom is 0.244 e. The third kappa shape index (κ3) is 8.73. The van der Waals surface area contributed by atoms with Crippen LogP contribution in [0.3, 0.4) is 0 Å². The largest absolute Gasteiger partial charge is 0.457 e. The lowest BCUT2D eigenvalue weighted by Gasteiger charge is -2.31. The van der Waals surface area contributed by atoms with Gasteiger partial charge < -0.3 is 15.0 Å². The van der Waals surface area contributed by atoms with Gasteiger partial charge in [0.15, 0.2) is 0 Å². The highest BCUT2D eigenvalue weighted by Crippen LogP contribution is 2.26. The fourth-order valence-electron chi connectivity index (χ4n) is 3.76. The van der Waals surface area contributed by atoms with E-state index >= 15 is 0 Å². The second kappa shape index (κ2) is 13.5. The Kier molecular flexibility index (Phi) is 10.4. The smallest absolute Gasteiger partial charge is 0.244 e. The van der Waals surface area contributed by atoms with Gasteiger partial charge in [-0.2, -0.15) is 0 Å². The molecule has 39 heavy (non-hydrogen) atoms. The van der Waals surface area contributed by atoms with E-state index in [4.69, 9.17) is 16.3 Å². The molecule has 0 heterocycles. The molecule has 3 rings (SSSR count). The van der Waals surface area contributed by atoms with Crippen molar-refractivity contribution in [2.75, 3.05) is 23.7 Å². The molecule has 0 radical (unpaired) electrons. The van der Waals surface area contributed by atoms with E-state index in [1.807, 2.05) is 32.0 Å². The van der Waals surface area contributed by atoms with Gasteiger partial charge in [-0.3, -0.25) is 13.9 Å². The van der Waals surface area contributed by atoms with E-state index in [2.05, 4.69) is 5.32 Å². The quantitative estimate of drug-likeness (QED) is 0.327. The van der Waals surface area contributed by atoms with Crippen LogP contribution in [0.25, 0.3) is 0 Å². The molecular weight excluding hydrogens is 538 g/mol. The van der Waals surface area contributed by atoms with Gasteiger partial charge in [-0.25, -0.2) is 8.42 Å². The summed E-state index contributed by atoms with van der Waals surface area (Å²) in [4.78, 5) is 27.9. The van der Waals surface area contributed by atoms with Crippen LogP contribution < -0.4 is 14.4 Å². The van der Waals surface area contributed by atoms with Crippen molar-refractivity contribution in [3.05, 3.63) is 89.4 Å². The van der Waals surface area contributed by atoms with Crippen LogP contribution >= 0.6 is 11.6 Å². The van der Waals surface area contributed by atoms with Crippen LogP contribution in [0, 0.1) is 5.92 Å². The molecule has 0 aliphatic heterocycles. The molecule has 0 saturated heterocycles. The van der Waals surface area contributed by atoms with Crippen molar-refractivity contribution in [2.24, 2.45) is 5.92 Å². The topological polar surface area (TPSA) is 96.0 Å². The van der Waals surface area contributed by atoms with Crippen molar-refractivity contribution in [3.8, 4) is 11.5 Å². The maximum atomic E-state index is 13.7. The average Bonchev–Trinajstić information content (AvgIpc) is 2.90. The van der Waals surface area contributed by atoms with Crippen molar-refractivity contribution in [3.63, 3.8) is 0 Å². The molecular formula is C29H34ClN3O5S. The van der Waals surface area contributed by atoms with E-state index in [0.29, 0.717) is 34.3 Å². The summed E-state index contributed by atoms with van der Waals surface area (Å²) in [7, 11) is -3.85. The van der Waals surface area contributed by atoms with Crippen LogP contribution in [0.2, 0.25) is 5.02 Å². The summed E-state index contributed by atoms with van der Waals surface area (Å²) in [5, 5.41) is 3.29. The van der Waals surface area contributed by atoms with Gasteiger partial charge in [0.2, 0.25) is 21.8 Å². The molecule has 0 aliphatic rings. The molecule has 2 amide bonds. The Morgan fingerprint density at radius 1 is 0.897 bits per heavy atom. The maximum absolute atomic E-state index is 13.7. The number of para-hydroxylation sites is 1. The Morgan fingerprint density at radius 3 is 2.08 bits per heavy atom. The first-order chi connectivity index (χ1) is 18.5. The molecule has 3 aromatic carbocycles. The Bertz CT molecular complexity index is 1370. The Morgan fingerprint density at radius 2 is 1.49 bits per heavy atom. The van der Waals surface area contributed by atoms with E-state index in [9.17, 15) is 18.0 Å². The van der Waals surface area contributed by atoms with E-state index in [1.54, 1.807) is 67.6 Å². The first-order valence-corrected chi connectivity index (χ1v) is 14.8. The Hall–Kier alpha value is -3.56. The van der Waals surface area contributed by atoms with Gasteiger partial charge >= 0.3 is 0 Å². The first kappa shape index (κ1) is 30.0. The number of ether oxygens (including phenoxy) is 1. The minimum Gasteiger partial charge on any atom is -0.457 e. The predicted octanol–water partition coefficient (Wildman–Crippen LogP) is 5.09. The van der Waals surface area contributed by atoms with Gasteiger partial charge in [0.1, 0.15) is 24.1 Å². The van der Waals surface area contributed by atoms with E-state index in [0.717, 1.165) is 10.6 Å². The number of hydrogen-bond donors (Lipinski definition) is 1. The molecule has 0 bridgehead atoms. The number of carbonyl (C=O) groups is 2. The van der Waals surface area contributed by atoms with Crippen LogP contribution in [-0.4, -0.2) is 50.5 Å². The predicted molar refractivity (Wildman–Crippen MR) is 154 cm³/mol. The molecule has 8 nitrogen and oxygen atoms in total. The number of carbonyl (C=O) groups excluding carboxylic acids is 2. The SMILES string of the molecule is CC(C)CNC(=O)[C@@H](C)N(Cc1ccccc1Cl)C(=O)CN(c1ccc(Oc2ccccc2)cc1)S(C)(=O)=O. The summed E-state index contributed by atoms with van der Waals surface area (Å²) in [5.41, 5.74) is 0.935. The van der Waals surface area contributed by atoms with Crippen molar-refractivity contribution >= 4 is 39.1 Å². The van der Waals surface area contributed by atoms with E-state index in [-0.39, 0.29) is 18.4 Å². The molecule has 10 heteroatoms. The van der Waals surface area contributed by atoms with Gasteiger partial charge in [-0.05, 0) is 60.9 Å². The lowest BCUT2D eigenvalue weighted by Crippen LogP contribution is -2.51. The molecule has 3 aromatic rings. The second-order valence-corrected chi connectivity index (χ2v) is 11.9. The van der Waals surface area contributed by atoms with E-state index in [1.165, 1.54) is 4.90 Å². The zero-order valence-corrected chi connectivity index (χ0v) is 24.1. The number of sulfonamides is 1. The van der Waals surface area contributed by atoms with E-state index < -0.39 is 28.5 Å². The molecule has 0 fully saturated rings. The number of hydrogen-bond acceptors (Lipinski definition) is 5. The van der Waals surface area contributed by atoms with Crippen molar-refractivity contribution in [1.82, 2.24) is 10.2 Å². The molecule has 0 aromatic heterocycles. The molecule has 0 saturated carbocycles. The van der Waals surface area contributed by atoms with Gasteiger partial charge in [-0.1, -0.05) is 61.8 Å². The van der Waals surface area contributed by atoms with Crippen LogP contribution in [0.1, 0.15) is 26.3 Å². The summed E-state index contributed by atoms with van der Waals surface area (Å²) in [5.74, 6) is 0.499. The summed E-state index contributed by atoms with van der Waals surface area (Å²) < 4.78 is 32.4. The normalized spacial score (nSPS) is 12.1. The lowest BCUT2D eigenvalue weighted by molar-refractivity contribution is -0.139. The number of nitrogens with zero attached hydrogens (tertiary/aromatic N) is 2. The molecule has 208 valence electrons. The summed E-state index contributed by atoms with van der Waals surface area (Å²) >= 11 is 6.35. The molecule has 0 aliphatic carbocycles. The van der Waals surface area contributed by atoms with Crippen LogP contribution in [0.15, 0.2) is 78.9 Å². The lowest BCUT2D eigenvalue weighted by atomic mass is 10.1. The minimum atomic E-state index is -3.85. The third-order valence-corrected chi connectivity index (χ3v) is 7.44. The monoisotopic (exact) mass is 571 g/mol. The Labute approximate surface area is 235 Å². The van der Waals surface area contributed by atoms with Crippen molar-refractivity contribution < 1.29 is 22.7 Å². The molecule has 1 N–H and O–H groups in total.